The zero-order chi connectivity index (χ0) is 43.7. The van der Waals surface area contributed by atoms with Crippen LogP contribution in [0.3, 0.4) is 0 Å². The highest BCUT2D eigenvalue weighted by Gasteiger charge is 2.19. The van der Waals surface area contributed by atoms with E-state index in [4.69, 9.17) is 14.2 Å². The molecule has 6 heteroatoms. The molecule has 0 bridgehead atoms. The summed E-state index contributed by atoms with van der Waals surface area (Å²) >= 11 is 0. The highest BCUT2D eigenvalue weighted by molar-refractivity contribution is 5.71. The predicted molar refractivity (Wildman–Crippen MR) is 256 cm³/mol. The molecule has 0 N–H and O–H groups in total. The Labute approximate surface area is 373 Å². The van der Waals surface area contributed by atoms with Crippen LogP contribution in [0.1, 0.15) is 284 Å². The fourth-order valence-corrected chi connectivity index (χ4v) is 7.73. The van der Waals surface area contributed by atoms with Crippen LogP contribution in [0.25, 0.3) is 0 Å². The average Bonchev–Trinajstić information content (AvgIpc) is 3.24. The van der Waals surface area contributed by atoms with Crippen molar-refractivity contribution in [3.8, 4) is 0 Å². The fraction of sp³-hybridized carbons (Fsp3) is 0.870. The van der Waals surface area contributed by atoms with Crippen LogP contribution in [-0.4, -0.2) is 37.2 Å². The molecule has 0 radical (unpaired) electrons. The summed E-state index contributed by atoms with van der Waals surface area (Å²) in [5.41, 5.74) is 0. The van der Waals surface area contributed by atoms with Crippen LogP contribution in [0.4, 0.5) is 0 Å². The first-order chi connectivity index (χ1) is 29.5. The molecule has 60 heavy (non-hydrogen) atoms. The highest BCUT2D eigenvalue weighted by atomic mass is 16.6. The van der Waals surface area contributed by atoms with Crippen molar-refractivity contribution in [2.45, 2.75) is 290 Å². The lowest BCUT2D eigenvalue weighted by atomic mass is 10.0. The third kappa shape index (κ3) is 46.9. The van der Waals surface area contributed by atoms with E-state index in [2.05, 4.69) is 39.0 Å². The molecule has 0 aliphatic carbocycles. The molecule has 6 nitrogen and oxygen atoms in total. The van der Waals surface area contributed by atoms with Crippen molar-refractivity contribution in [2.75, 3.05) is 13.2 Å². The van der Waals surface area contributed by atoms with Crippen molar-refractivity contribution < 1.29 is 28.6 Å². The topological polar surface area (TPSA) is 78.9 Å². The van der Waals surface area contributed by atoms with Gasteiger partial charge in [0.05, 0.1) is 0 Å². The first kappa shape index (κ1) is 57.9. The van der Waals surface area contributed by atoms with E-state index in [1.165, 1.54) is 186 Å². The monoisotopic (exact) mass is 845 g/mol. The molecule has 0 aliphatic heterocycles. The molecule has 0 aromatic carbocycles. The Hall–Kier alpha value is -2.11. The van der Waals surface area contributed by atoms with Crippen LogP contribution >= 0.6 is 0 Å². The molecule has 0 spiro atoms. The summed E-state index contributed by atoms with van der Waals surface area (Å²) in [6.07, 6.45) is 56.1. The zero-order valence-electron chi connectivity index (χ0n) is 40.2. The minimum atomic E-state index is -0.795. The molecule has 0 rings (SSSR count). The second-order valence-corrected chi connectivity index (χ2v) is 17.8. The Morgan fingerprint density at radius 1 is 0.333 bits per heavy atom. The van der Waals surface area contributed by atoms with E-state index in [9.17, 15) is 14.4 Å². The smallest absolute Gasteiger partial charge is 0.306 e. The van der Waals surface area contributed by atoms with Crippen LogP contribution in [-0.2, 0) is 28.6 Å². The maximum Gasteiger partial charge on any atom is 0.306 e. The summed E-state index contributed by atoms with van der Waals surface area (Å²) in [7, 11) is 0. The molecule has 0 aromatic rings. The Morgan fingerprint density at radius 2 is 0.633 bits per heavy atom. The van der Waals surface area contributed by atoms with Gasteiger partial charge in [0.2, 0.25) is 0 Å². The molecular formula is C54H100O6. The predicted octanol–water partition coefficient (Wildman–Crippen LogP) is 17.2. The van der Waals surface area contributed by atoms with Gasteiger partial charge in [0.15, 0.2) is 6.10 Å². The van der Waals surface area contributed by atoms with E-state index >= 15 is 0 Å². The van der Waals surface area contributed by atoms with Crippen LogP contribution in [0.5, 0.6) is 0 Å². The third-order valence-electron chi connectivity index (χ3n) is 11.7. The van der Waals surface area contributed by atoms with Crippen molar-refractivity contribution in [3.05, 3.63) is 24.3 Å². The lowest BCUT2D eigenvalue weighted by Gasteiger charge is -2.18. The zero-order valence-corrected chi connectivity index (χ0v) is 40.2. The summed E-state index contributed by atoms with van der Waals surface area (Å²) in [5, 5.41) is 0. The first-order valence-electron chi connectivity index (χ1n) is 26.3. The molecule has 0 amide bonds. The normalized spacial score (nSPS) is 12.1. The van der Waals surface area contributed by atoms with Gasteiger partial charge >= 0.3 is 17.9 Å². The number of hydrogen-bond acceptors (Lipinski definition) is 6. The molecule has 0 aromatic heterocycles. The number of unbranched alkanes of at least 4 members (excludes halogenated alkanes) is 33. The van der Waals surface area contributed by atoms with Crippen LogP contribution in [0.15, 0.2) is 24.3 Å². The Bertz CT molecular complexity index is 973. The maximum atomic E-state index is 12.7. The number of carbonyl (C=O) groups excluding carboxylic acids is 3. The molecule has 0 fully saturated rings. The third-order valence-corrected chi connectivity index (χ3v) is 11.7. The van der Waals surface area contributed by atoms with Gasteiger partial charge in [-0.2, -0.15) is 0 Å². The minimum Gasteiger partial charge on any atom is -0.462 e. The second kappa shape index (κ2) is 49.5. The number of allylic oxidation sites excluding steroid dienone is 4. The summed E-state index contributed by atoms with van der Waals surface area (Å²) in [5.74, 6) is -0.943. The van der Waals surface area contributed by atoms with Gasteiger partial charge in [-0.1, -0.05) is 251 Å². The van der Waals surface area contributed by atoms with Crippen LogP contribution < -0.4 is 0 Å². The molecule has 1 atom stereocenters. The number of ether oxygens (including phenoxy) is 3. The fourth-order valence-electron chi connectivity index (χ4n) is 7.73. The molecule has 0 aliphatic rings. The standard InChI is InChI=1S/C54H100O6/c1-4-7-10-13-16-19-22-24-25-26-27-28-30-32-35-38-41-44-47-53(56)59-50-51(49-58-52(55)46-43-40-37-34-31-21-18-15-12-9-6-3)60-54(57)48-45-42-39-36-33-29-23-20-17-14-11-8-5-2/h29,33,39,42,51H,4-28,30-32,34-38,40-41,43-50H2,1-3H3/b33-29-,42-39-. The highest BCUT2D eigenvalue weighted by Crippen LogP contribution is 2.16. The van der Waals surface area contributed by atoms with E-state index in [0.717, 1.165) is 51.4 Å². The molecular weight excluding hydrogens is 745 g/mol. The lowest BCUT2D eigenvalue weighted by Crippen LogP contribution is -2.30. The van der Waals surface area contributed by atoms with Gasteiger partial charge in [0.25, 0.3) is 0 Å². The first-order valence-corrected chi connectivity index (χ1v) is 26.3. The van der Waals surface area contributed by atoms with Crippen LogP contribution in [0.2, 0.25) is 0 Å². The summed E-state index contributed by atoms with van der Waals surface area (Å²) in [6.45, 7) is 6.60. The van der Waals surface area contributed by atoms with Gasteiger partial charge in [-0.05, 0) is 38.5 Å². The molecule has 0 heterocycles. The van der Waals surface area contributed by atoms with E-state index in [1.807, 2.05) is 6.08 Å². The van der Waals surface area contributed by atoms with E-state index in [1.54, 1.807) is 0 Å². The van der Waals surface area contributed by atoms with Crippen LogP contribution in [0, 0.1) is 0 Å². The summed E-state index contributed by atoms with van der Waals surface area (Å²) < 4.78 is 16.7. The largest absolute Gasteiger partial charge is 0.462 e. The van der Waals surface area contributed by atoms with Crippen molar-refractivity contribution in [3.63, 3.8) is 0 Å². The molecule has 352 valence electrons. The van der Waals surface area contributed by atoms with E-state index < -0.39 is 6.10 Å². The Kier molecular flexibility index (Phi) is 47.8. The van der Waals surface area contributed by atoms with Crippen molar-refractivity contribution in [2.24, 2.45) is 0 Å². The Balaban J connectivity index is 4.33. The number of esters is 3. The molecule has 0 saturated carbocycles. The summed E-state index contributed by atoms with van der Waals surface area (Å²) in [6, 6.07) is 0. The number of carbonyl (C=O) groups is 3. The average molecular weight is 845 g/mol. The SMILES string of the molecule is CCCCCCCC/C=C\C/C=C\CCC(=O)OC(COC(=O)CCCCCCCCCCCCC)COC(=O)CCCCCCCCCCCCCCCCCCCC. The van der Waals surface area contributed by atoms with Gasteiger partial charge in [-0.25, -0.2) is 0 Å². The quantitative estimate of drug-likeness (QED) is 0.0263. The number of hydrogen-bond donors (Lipinski definition) is 0. The summed E-state index contributed by atoms with van der Waals surface area (Å²) in [4.78, 5) is 37.9. The van der Waals surface area contributed by atoms with Crippen molar-refractivity contribution >= 4 is 17.9 Å². The molecule has 0 saturated heterocycles. The number of rotatable bonds is 48. The van der Waals surface area contributed by atoms with Crippen molar-refractivity contribution in [1.82, 2.24) is 0 Å². The van der Waals surface area contributed by atoms with Gasteiger partial charge < -0.3 is 14.2 Å². The van der Waals surface area contributed by atoms with E-state index in [-0.39, 0.29) is 37.5 Å². The second-order valence-electron chi connectivity index (χ2n) is 17.8. The van der Waals surface area contributed by atoms with E-state index in [0.29, 0.717) is 19.3 Å². The lowest BCUT2D eigenvalue weighted by molar-refractivity contribution is -0.166. The van der Waals surface area contributed by atoms with Gasteiger partial charge in [-0.15, -0.1) is 0 Å². The van der Waals surface area contributed by atoms with Crippen molar-refractivity contribution in [1.29, 1.82) is 0 Å². The molecule has 1 unspecified atom stereocenters. The van der Waals surface area contributed by atoms with Gasteiger partial charge in [0.1, 0.15) is 13.2 Å². The minimum absolute atomic E-state index is 0.0887. The van der Waals surface area contributed by atoms with Gasteiger partial charge in [0, 0.05) is 19.3 Å². The van der Waals surface area contributed by atoms with Gasteiger partial charge in [-0.3, -0.25) is 14.4 Å². The Morgan fingerprint density at radius 3 is 0.983 bits per heavy atom. The maximum absolute atomic E-state index is 12.7.